The molecule has 0 spiro atoms. The Kier molecular flexibility index (Phi) is 6.10. The van der Waals surface area contributed by atoms with Crippen LogP contribution >= 0.6 is 0 Å². The van der Waals surface area contributed by atoms with Crippen LogP contribution in [0.3, 0.4) is 0 Å². The van der Waals surface area contributed by atoms with Crippen LogP contribution in [0.15, 0.2) is 42.5 Å². The molecule has 0 saturated carbocycles. The second-order valence-corrected chi connectivity index (χ2v) is 5.19. The van der Waals surface area contributed by atoms with E-state index in [2.05, 4.69) is 5.32 Å². The highest BCUT2D eigenvalue weighted by atomic mass is 16.6. The van der Waals surface area contributed by atoms with Crippen molar-refractivity contribution in [1.29, 1.82) is 0 Å². The summed E-state index contributed by atoms with van der Waals surface area (Å²) < 4.78 is 9.90. The predicted molar refractivity (Wildman–Crippen MR) is 91.0 cm³/mol. The number of hydrogen-bond donors (Lipinski definition) is 2. The molecule has 0 heterocycles. The number of nitro groups is 1. The van der Waals surface area contributed by atoms with Gasteiger partial charge in [-0.3, -0.25) is 19.7 Å². The third-order valence-corrected chi connectivity index (χ3v) is 3.32. The maximum Gasteiger partial charge on any atom is 0.310 e. The molecule has 1 amide bonds. The first kappa shape index (κ1) is 18.7. The van der Waals surface area contributed by atoms with Gasteiger partial charge in [0.2, 0.25) is 0 Å². The smallest absolute Gasteiger partial charge is 0.310 e. The molecule has 26 heavy (non-hydrogen) atoms. The number of non-ortho nitro benzene ring substituents is 1. The second kappa shape index (κ2) is 8.47. The van der Waals surface area contributed by atoms with E-state index < -0.39 is 23.4 Å². The molecule has 2 rings (SSSR count). The number of aromatic hydroxyl groups is 1. The van der Waals surface area contributed by atoms with Gasteiger partial charge in [0.05, 0.1) is 24.1 Å². The standard InChI is InChI=1S/C17H16N2O7/c1-25-15-7-4-12(19(23)24)9-14(15)18-16(21)10-26-17(22)8-11-2-5-13(20)6-3-11/h2-7,9,20H,8,10H2,1H3,(H,18,21). The topological polar surface area (TPSA) is 128 Å². The highest BCUT2D eigenvalue weighted by molar-refractivity contribution is 5.94. The van der Waals surface area contributed by atoms with Gasteiger partial charge in [-0.05, 0) is 23.8 Å². The van der Waals surface area contributed by atoms with Gasteiger partial charge in [-0.25, -0.2) is 0 Å². The Morgan fingerprint density at radius 2 is 1.88 bits per heavy atom. The molecule has 9 heteroatoms. The second-order valence-electron chi connectivity index (χ2n) is 5.19. The lowest BCUT2D eigenvalue weighted by Gasteiger charge is -2.10. The Labute approximate surface area is 148 Å². The number of nitrogens with one attached hydrogen (secondary N) is 1. The minimum Gasteiger partial charge on any atom is -0.508 e. The van der Waals surface area contributed by atoms with Crippen LogP contribution in [0.4, 0.5) is 11.4 Å². The highest BCUT2D eigenvalue weighted by Gasteiger charge is 2.15. The summed E-state index contributed by atoms with van der Waals surface area (Å²) in [4.78, 5) is 33.9. The summed E-state index contributed by atoms with van der Waals surface area (Å²) in [7, 11) is 1.36. The number of phenolic OH excluding ortho intramolecular Hbond substituents is 1. The maximum absolute atomic E-state index is 11.9. The molecule has 2 aromatic carbocycles. The van der Waals surface area contributed by atoms with Gasteiger partial charge < -0.3 is 19.9 Å². The molecule has 0 unspecified atom stereocenters. The average Bonchev–Trinajstić information content (AvgIpc) is 2.62. The molecule has 0 radical (unpaired) electrons. The van der Waals surface area contributed by atoms with Crippen LogP contribution in [0.1, 0.15) is 5.56 Å². The number of carbonyl (C=O) groups is 2. The number of anilines is 1. The third kappa shape index (κ3) is 5.20. The number of rotatable bonds is 7. The Hall–Kier alpha value is -3.62. The van der Waals surface area contributed by atoms with Gasteiger partial charge >= 0.3 is 5.97 Å². The number of carbonyl (C=O) groups excluding carboxylic acids is 2. The SMILES string of the molecule is COc1ccc([N+](=O)[O-])cc1NC(=O)COC(=O)Cc1ccc(O)cc1. The fourth-order valence-corrected chi connectivity index (χ4v) is 2.07. The summed E-state index contributed by atoms with van der Waals surface area (Å²) in [6.07, 6.45) is -0.0618. The number of ether oxygens (including phenoxy) is 2. The van der Waals surface area contributed by atoms with Crippen LogP contribution in [-0.2, 0) is 20.7 Å². The van der Waals surface area contributed by atoms with Crippen molar-refractivity contribution in [2.75, 3.05) is 19.0 Å². The van der Waals surface area contributed by atoms with Crippen molar-refractivity contribution in [3.05, 3.63) is 58.1 Å². The van der Waals surface area contributed by atoms with Crippen molar-refractivity contribution < 1.29 is 29.1 Å². The maximum atomic E-state index is 11.9. The van der Waals surface area contributed by atoms with Gasteiger partial charge in [0.25, 0.3) is 11.6 Å². The molecule has 2 aromatic rings. The first-order valence-corrected chi connectivity index (χ1v) is 7.45. The van der Waals surface area contributed by atoms with Crippen LogP contribution in [0.2, 0.25) is 0 Å². The Bertz CT molecular complexity index is 818. The Morgan fingerprint density at radius 3 is 2.50 bits per heavy atom. The van der Waals surface area contributed by atoms with E-state index in [4.69, 9.17) is 9.47 Å². The third-order valence-electron chi connectivity index (χ3n) is 3.32. The lowest BCUT2D eigenvalue weighted by molar-refractivity contribution is -0.384. The summed E-state index contributed by atoms with van der Waals surface area (Å²) in [5.74, 6) is -0.980. The number of methoxy groups -OCH3 is 1. The summed E-state index contributed by atoms with van der Waals surface area (Å²) in [6.45, 7) is -0.553. The van der Waals surface area contributed by atoms with Gasteiger partial charge in [0.1, 0.15) is 11.5 Å². The van der Waals surface area contributed by atoms with E-state index in [1.165, 1.54) is 31.4 Å². The monoisotopic (exact) mass is 360 g/mol. The van der Waals surface area contributed by atoms with Crippen LogP contribution in [0.25, 0.3) is 0 Å². The van der Waals surface area contributed by atoms with Gasteiger partial charge in [-0.2, -0.15) is 0 Å². The first-order valence-electron chi connectivity index (χ1n) is 7.45. The number of benzene rings is 2. The number of nitrogens with zero attached hydrogens (tertiary/aromatic N) is 1. The number of phenols is 1. The molecule has 0 fully saturated rings. The van der Waals surface area contributed by atoms with E-state index in [1.54, 1.807) is 12.1 Å². The number of nitro benzene ring substituents is 1. The first-order chi connectivity index (χ1) is 12.4. The van der Waals surface area contributed by atoms with Gasteiger partial charge in [-0.15, -0.1) is 0 Å². The quantitative estimate of drug-likeness (QED) is 0.439. The lowest BCUT2D eigenvalue weighted by Crippen LogP contribution is -2.22. The number of esters is 1. The van der Waals surface area contributed by atoms with Crippen LogP contribution in [0, 0.1) is 10.1 Å². The number of hydrogen-bond acceptors (Lipinski definition) is 7. The minimum absolute atomic E-state index is 0.0618. The molecule has 0 atom stereocenters. The van der Waals surface area contributed by atoms with Crippen molar-refractivity contribution in [3.8, 4) is 11.5 Å². The molecular formula is C17H16N2O7. The van der Waals surface area contributed by atoms with Crippen molar-refractivity contribution >= 4 is 23.3 Å². The number of amides is 1. The summed E-state index contributed by atoms with van der Waals surface area (Å²) in [5.41, 5.74) is 0.500. The van der Waals surface area contributed by atoms with Crippen LogP contribution in [0.5, 0.6) is 11.5 Å². The zero-order valence-corrected chi connectivity index (χ0v) is 13.8. The van der Waals surface area contributed by atoms with Gasteiger partial charge in [0, 0.05) is 12.1 Å². The summed E-state index contributed by atoms with van der Waals surface area (Å²) in [6, 6.07) is 9.73. The van der Waals surface area contributed by atoms with E-state index in [1.807, 2.05) is 0 Å². The Balaban J connectivity index is 1.92. The molecule has 0 aliphatic carbocycles. The van der Waals surface area contributed by atoms with Crippen molar-refractivity contribution in [2.24, 2.45) is 0 Å². The van der Waals surface area contributed by atoms with E-state index in [-0.39, 0.29) is 29.3 Å². The van der Waals surface area contributed by atoms with Gasteiger partial charge in [-0.1, -0.05) is 12.1 Å². The molecule has 0 saturated heterocycles. The normalized spacial score (nSPS) is 10.0. The Morgan fingerprint density at radius 1 is 1.19 bits per heavy atom. The molecule has 0 aliphatic heterocycles. The zero-order valence-electron chi connectivity index (χ0n) is 13.8. The molecule has 0 bridgehead atoms. The van der Waals surface area contributed by atoms with Crippen molar-refractivity contribution in [2.45, 2.75) is 6.42 Å². The van der Waals surface area contributed by atoms with E-state index in [0.717, 1.165) is 6.07 Å². The predicted octanol–water partition coefficient (Wildman–Crippen LogP) is 2.03. The fraction of sp³-hybridized carbons (Fsp3) is 0.176. The summed E-state index contributed by atoms with van der Waals surface area (Å²) in [5, 5.41) is 22.4. The van der Waals surface area contributed by atoms with E-state index >= 15 is 0 Å². The van der Waals surface area contributed by atoms with E-state index in [9.17, 15) is 24.8 Å². The lowest BCUT2D eigenvalue weighted by atomic mass is 10.1. The van der Waals surface area contributed by atoms with Crippen molar-refractivity contribution in [3.63, 3.8) is 0 Å². The molecule has 0 aliphatic rings. The minimum atomic E-state index is -0.664. The highest BCUT2D eigenvalue weighted by Crippen LogP contribution is 2.28. The molecule has 9 nitrogen and oxygen atoms in total. The largest absolute Gasteiger partial charge is 0.508 e. The zero-order chi connectivity index (χ0) is 19.1. The molecule has 2 N–H and O–H groups in total. The molecular weight excluding hydrogens is 344 g/mol. The average molecular weight is 360 g/mol. The van der Waals surface area contributed by atoms with Gasteiger partial charge in [0.15, 0.2) is 6.61 Å². The van der Waals surface area contributed by atoms with Crippen molar-refractivity contribution in [1.82, 2.24) is 0 Å². The molecule has 136 valence electrons. The van der Waals surface area contributed by atoms with Crippen LogP contribution < -0.4 is 10.1 Å². The van der Waals surface area contributed by atoms with E-state index in [0.29, 0.717) is 5.56 Å². The molecule has 0 aromatic heterocycles. The fourth-order valence-electron chi connectivity index (χ4n) is 2.07. The van der Waals surface area contributed by atoms with Crippen LogP contribution in [-0.4, -0.2) is 35.6 Å². The summed E-state index contributed by atoms with van der Waals surface area (Å²) >= 11 is 0.